The number of nitro groups is 1. The number of nitro benzene ring substituents is 1. The molecular weight excluding hydrogens is 363 g/mol. The Morgan fingerprint density at radius 1 is 1.08 bits per heavy atom. The Hall–Kier alpha value is -2.83. The molecule has 25 heavy (non-hydrogen) atoms. The molecule has 0 aliphatic carbocycles. The van der Waals surface area contributed by atoms with E-state index in [0.29, 0.717) is 15.7 Å². The van der Waals surface area contributed by atoms with E-state index >= 15 is 0 Å². The lowest BCUT2D eigenvalue weighted by Gasteiger charge is -2.07. The van der Waals surface area contributed by atoms with Gasteiger partial charge in [0.2, 0.25) is 0 Å². The lowest BCUT2D eigenvalue weighted by atomic mass is 10.3. The molecule has 0 amide bonds. The summed E-state index contributed by atoms with van der Waals surface area (Å²) in [5.74, 6) is 0. The van der Waals surface area contributed by atoms with Gasteiger partial charge in [0.25, 0.3) is 5.69 Å². The topological polar surface area (TPSA) is 72.5 Å². The first-order valence-corrected chi connectivity index (χ1v) is 7.96. The molecule has 0 bridgehead atoms. The summed E-state index contributed by atoms with van der Waals surface area (Å²) in [6, 6.07) is 15.0. The molecule has 1 aromatic heterocycles. The molecule has 126 valence electrons. The summed E-state index contributed by atoms with van der Waals surface area (Å²) in [6.45, 7) is 0. The standard InChI is InChI=1S/C17H12Cl2N4O2/c18-12-8-13(19)10-17(9-12)22-7-1-2-16(22)11-20-21-14-3-5-15(6-4-14)23(24)25/h1-11,21H/b20-11-. The van der Waals surface area contributed by atoms with Gasteiger partial charge in [0.05, 0.1) is 22.5 Å². The van der Waals surface area contributed by atoms with Crippen LogP contribution in [-0.2, 0) is 0 Å². The molecular formula is C17H12Cl2N4O2. The van der Waals surface area contributed by atoms with Crippen LogP contribution in [0.15, 0.2) is 65.9 Å². The molecule has 8 heteroatoms. The number of nitrogens with zero attached hydrogens (tertiary/aromatic N) is 3. The van der Waals surface area contributed by atoms with Crippen molar-refractivity contribution in [1.82, 2.24) is 4.57 Å². The Morgan fingerprint density at radius 2 is 1.76 bits per heavy atom. The van der Waals surface area contributed by atoms with Crippen molar-refractivity contribution in [3.8, 4) is 5.69 Å². The van der Waals surface area contributed by atoms with E-state index in [9.17, 15) is 10.1 Å². The van der Waals surface area contributed by atoms with Gasteiger partial charge in [-0.05, 0) is 42.5 Å². The second-order valence-electron chi connectivity index (χ2n) is 5.10. The third-order valence-electron chi connectivity index (χ3n) is 3.37. The average Bonchev–Trinajstić information content (AvgIpc) is 3.03. The van der Waals surface area contributed by atoms with Crippen LogP contribution in [0.25, 0.3) is 5.69 Å². The third-order valence-corrected chi connectivity index (χ3v) is 3.81. The van der Waals surface area contributed by atoms with Crippen LogP contribution in [0.2, 0.25) is 10.0 Å². The Bertz CT molecular complexity index is 916. The third kappa shape index (κ3) is 4.17. The summed E-state index contributed by atoms with van der Waals surface area (Å²) in [5, 5.41) is 15.9. The van der Waals surface area contributed by atoms with Crippen molar-refractivity contribution in [3.63, 3.8) is 0 Å². The summed E-state index contributed by atoms with van der Waals surface area (Å²) >= 11 is 12.1. The fraction of sp³-hybridized carbons (Fsp3) is 0. The fourth-order valence-corrected chi connectivity index (χ4v) is 2.76. The molecule has 3 aromatic rings. The molecule has 2 aromatic carbocycles. The second kappa shape index (κ2) is 7.38. The van der Waals surface area contributed by atoms with Crippen molar-refractivity contribution in [2.24, 2.45) is 5.10 Å². The molecule has 0 radical (unpaired) electrons. The zero-order valence-electron chi connectivity index (χ0n) is 12.8. The minimum Gasteiger partial charge on any atom is -0.315 e. The first kappa shape index (κ1) is 17.0. The molecule has 0 atom stereocenters. The van der Waals surface area contributed by atoms with Crippen molar-refractivity contribution < 1.29 is 4.92 Å². The second-order valence-corrected chi connectivity index (χ2v) is 5.98. The zero-order chi connectivity index (χ0) is 17.8. The molecule has 0 aliphatic rings. The number of benzene rings is 2. The van der Waals surface area contributed by atoms with E-state index in [0.717, 1.165) is 11.4 Å². The Kier molecular flexibility index (Phi) is 5.02. The van der Waals surface area contributed by atoms with E-state index in [1.54, 1.807) is 36.5 Å². The predicted octanol–water partition coefficient (Wildman–Crippen LogP) is 5.14. The Labute approximate surface area is 153 Å². The maximum absolute atomic E-state index is 10.6. The van der Waals surface area contributed by atoms with Crippen LogP contribution in [0.5, 0.6) is 0 Å². The van der Waals surface area contributed by atoms with Gasteiger partial charge in [-0.25, -0.2) is 0 Å². The predicted molar refractivity (Wildman–Crippen MR) is 100 cm³/mol. The highest BCUT2D eigenvalue weighted by molar-refractivity contribution is 6.34. The largest absolute Gasteiger partial charge is 0.315 e. The fourth-order valence-electron chi connectivity index (χ4n) is 2.24. The smallest absolute Gasteiger partial charge is 0.269 e. The number of hydrogen-bond donors (Lipinski definition) is 1. The lowest BCUT2D eigenvalue weighted by Crippen LogP contribution is -1.99. The number of aromatic nitrogens is 1. The number of nitrogens with one attached hydrogen (secondary N) is 1. The van der Waals surface area contributed by atoms with Crippen molar-refractivity contribution in [2.75, 3.05) is 5.43 Å². The van der Waals surface area contributed by atoms with Gasteiger partial charge in [-0.2, -0.15) is 5.10 Å². The van der Waals surface area contributed by atoms with Gasteiger partial charge in [-0.3, -0.25) is 15.5 Å². The molecule has 0 saturated heterocycles. The summed E-state index contributed by atoms with van der Waals surface area (Å²) in [6.07, 6.45) is 3.51. The first-order valence-electron chi connectivity index (χ1n) is 7.20. The molecule has 0 saturated carbocycles. The van der Waals surface area contributed by atoms with Gasteiger partial charge in [0.15, 0.2) is 0 Å². The van der Waals surface area contributed by atoms with E-state index in [4.69, 9.17) is 23.2 Å². The van der Waals surface area contributed by atoms with E-state index in [2.05, 4.69) is 10.5 Å². The summed E-state index contributed by atoms with van der Waals surface area (Å²) in [5.41, 5.74) is 5.14. The Morgan fingerprint density at radius 3 is 2.40 bits per heavy atom. The highest BCUT2D eigenvalue weighted by atomic mass is 35.5. The zero-order valence-corrected chi connectivity index (χ0v) is 14.3. The molecule has 0 aliphatic heterocycles. The quantitative estimate of drug-likeness (QED) is 0.381. The number of non-ortho nitro benzene ring substituents is 1. The van der Waals surface area contributed by atoms with Gasteiger partial charge >= 0.3 is 0 Å². The van der Waals surface area contributed by atoms with Crippen LogP contribution in [0.1, 0.15) is 5.69 Å². The van der Waals surface area contributed by atoms with Crippen LogP contribution in [-0.4, -0.2) is 15.7 Å². The number of anilines is 1. The van der Waals surface area contributed by atoms with E-state index < -0.39 is 4.92 Å². The van der Waals surface area contributed by atoms with Crippen LogP contribution < -0.4 is 5.43 Å². The molecule has 0 spiro atoms. The van der Waals surface area contributed by atoms with Crippen molar-refractivity contribution in [3.05, 3.63) is 86.6 Å². The minimum absolute atomic E-state index is 0.0289. The molecule has 1 N–H and O–H groups in total. The van der Waals surface area contributed by atoms with Crippen molar-refractivity contribution in [2.45, 2.75) is 0 Å². The number of rotatable bonds is 5. The normalized spacial score (nSPS) is 11.0. The summed E-state index contributed by atoms with van der Waals surface area (Å²) in [7, 11) is 0. The average molecular weight is 375 g/mol. The van der Waals surface area contributed by atoms with Crippen molar-refractivity contribution >= 4 is 40.8 Å². The molecule has 3 rings (SSSR count). The first-order chi connectivity index (χ1) is 12.0. The van der Waals surface area contributed by atoms with E-state index in [1.165, 1.54) is 12.1 Å². The number of hydrazone groups is 1. The number of halogens is 2. The minimum atomic E-state index is -0.448. The van der Waals surface area contributed by atoms with Gasteiger partial charge < -0.3 is 4.57 Å². The van der Waals surface area contributed by atoms with Crippen molar-refractivity contribution in [1.29, 1.82) is 0 Å². The van der Waals surface area contributed by atoms with Crippen LogP contribution in [0, 0.1) is 10.1 Å². The van der Waals surface area contributed by atoms with Gasteiger partial charge in [-0.1, -0.05) is 23.2 Å². The van der Waals surface area contributed by atoms with Crippen LogP contribution >= 0.6 is 23.2 Å². The SMILES string of the molecule is O=[N+]([O-])c1ccc(N/N=C\c2cccn2-c2cc(Cl)cc(Cl)c2)cc1. The van der Waals surface area contributed by atoms with E-state index in [-0.39, 0.29) is 5.69 Å². The van der Waals surface area contributed by atoms with Gasteiger partial charge in [0, 0.05) is 34.1 Å². The summed E-state index contributed by atoms with van der Waals surface area (Å²) in [4.78, 5) is 10.2. The highest BCUT2D eigenvalue weighted by Gasteiger charge is 2.05. The van der Waals surface area contributed by atoms with Crippen LogP contribution in [0.3, 0.4) is 0 Å². The van der Waals surface area contributed by atoms with Gasteiger partial charge in [0.1, 0.15) is 0 Å². The summed E-state index contributed by atoms with van der Waals surface area (Å²) < 4.78 is 1.89. The number of hydrogen-bond acceptors (Lipinski definition) is 4. The van der Waals surface area contributed by atoms with Gasteiger partial charge in [-0.15, -0.1) is 0 Å². The Balaban J connectivity index is 1.76. The molecule has 0 unspecified atom stereocenters. The molecule has 0 fully saturated rings. The van der Waals surface area contributed by atoms with E-state index in [1.807, 2.05) is 22.9 Å². The highest BCUT2D eigenvalue weighted by Crippen LogP contribution is 2.23. The monoisotopic (exact) mass is 374 g/mol. The molecule has 6 nitrogen and oxygen atoms in total. The molecule has 1 heterocycles. The maximum Gasteiger partial charge on any atom is 0.269 e. The maximum atomic E-state index is 10.6. The van der Waals surface area contributed by atoms with Crippen LogP contribution in [0.4, 0.5) is 11.4 Å². The lowest BCUT2D eigenvalue weighted by molar-refractivity contribution is -0.384.